The summed E-state index contributed by atoms with van der Waals surface area (Å²) in [5, 5.41) is 0. The molecule has 0 spiro atoms. The number of ether oxygens (including phenoxy) is 1. The van der Waals surface area contributed by atoms with E-state index in [1.807, 2.05) is 42.5 Å². The molecule has 0 heterocycles. The molecule has 0 aliphatic heterocycles. The summed E-state index contributed by atoms with van der Waals surface area (Å²) in [6.45, 7) is 0. The van der Waals surface area contributed by atoms with Crippen LogP contribution in [0, 0.1) is 0 Å². The van der Waals surface area contributed by atoms with Gasteiger partial charge < -0.3 is 10.5 Å². The first kappa shape index (κ1) is 14.1. The third-order valence-electron chi connectivity index (χ3n) is 2.48. The van der Waals surface area contributed by atoms with Crippen LogP contribution in [0.2, 0.25) is 0 Å². The van der Waals surface area contributed by atoms with Gasteiger partial charge in [0.1, 0.15) is 5.75 Å². The van der Waals surface area contributed by atoms with Crippen molar-refractivity contribution in [3.05, 3.63) is 42.5 Å². The van der Waals surface area contributed by atoms with E-state index in [-0.39, 0.29) is 19.5 Å². The number of hydrogen-bond acceptors (Lipinski definition) is 3. The van der Waals surface area contributed by atoms with E-state index in [2.05, 4.69) is 12.6 Å². The Bertz CT molecular complexity index is 499. The second-order valence-electron chi connectivity index (χ2n) is 3.47. The Labute approximate surface area is 119 Å². The first-order valence-electron chi connectivity index (χ1n) is 4.94. The molecule has 0 aliphatic carbocycles. The Kier molecular flexibility index (Phi) is 5.04. The summed E-state index contributed by atoms with van der Waals surface area (Å²) in [6, 6.07) is 13.6. The van der Waals surface area contributed by atoms with Crippen LogP contribution < -0.4 is 10.5 Å². The van der Waals surface area contributed by atoms with Gasteiger partial charge in [-0.25, -0.2) is 0 Å². The second kappa shape index (κ2) is 6.08. The van der Waals surface area contributed by atoms with Crippen molar-refractivity contribution < 1.29 is 24.2 Å². The van der Waals surface area contributed by atoms with Gasteiger partial charge in [-0.05, 0) is 23.8 Å². The fourth-order valence-corrected chi connectivity index (χ4v) is 1.78. The van der Waals surface area contributed by atoms with E-state index >= 15 is 0 Å². The quantitative estimate of drug-likeness (QED) is 0.507. The van der Waals surface area contributed by atoms with E-state index < -0.39 is 0 Å². The number of hydrogen-bond donors (Lipinski definition) is 2. The molecule has 0 saturated heterocycles. The normalized spacial score (nSPS) is 9.53. The predicted octanol–water partition coefficient (Wildman–Crippen LogP) is 3.23. The molecule has 0 aliphatic rings. The Morgan fingerprint density at radius 2 is 1.71 bits per heavy atom. The monoisotopic (exact) mass is 295 g/mol. The minimum absolute atomic E-state index is 0. The molecular formula is C13H13NOSZn. The molecule has 0 bridgehead atoms. The second-order valence-corrected chi connectivity index (χ2v) is 3.95. The Morgan fingerprint density at radius 3 is 2.29 bits per heavy atom. The first-order chi connectivity index (χ1) is 7.72. The van der Waals surface area contributed by atoms with Crippen LogP contribution in [-0.4, -0.2) is 7.11 Å². The molecule has 0 aromatic heterocycles. The largest absolute Gasteiger partial charge is 0.497 e. The minimum atomic E-state index is 0. The topological polar surface area (TPSA) is 35.2 Å². The molecule has 0 amide bonds. The number of nitrogen functional groups attached to an aromatic ring is 1. The van der Waals surface area contributed by atoms with Gasteiger partial charge in [0.05, 0.1) is 12.8 Å². The Morgan fingerprint density at radius 1 is 1.06 bits per heavy atom. The van der Waals surface area contributed by atoms with Crippen LogP contribution in [0.3, 0.4) is 0 Å². The molecule has 2 nitrogen and oxygen atoms in total. The third kappa shape index (κ3) is 3.02. The van der Waals surface area contributed by atoms with Gasteiger partial charge in [0.2, 0.25) is 0 Å². The first-order valence-corrected chi connectivity index (χ1v) is 5.39. The molecule has 2 aromatic rings. The van der Waals surface area contributed by atoms with Crippen LogP contribution in [0.5, 0.6) is 5.75 Å². The maximum Gasteiger partial charge on any atom is 0.118 e. The maximum atomic E-state index is 5.98. The number of nitrogens with two attached hydrogens (primary N) is 1. The van der Waals surface area contributed by atoms with E-state index in [1.165, 1.54) is 0 Å². The van der Waals surface area contributed by atoms with Gasteiger partial charge in [-0.2, -0.15) is 0 Å². The number of rotatable bonds is 2. The summed E-state index contributed by atoms with van der Waals surface area (Å²) >= 11 is 4.31. The molecule has 84 valence electrons. The molecule has 0 radical (unpaired) electrons. The third-order valence-corrected chi connectivity index (χ3v) is 2.87. The van der Waals surface area contributed by atoms with Gasteiger partial charge in [0.15, 0.2) is 0 Å². The van der Waals surface area contributed by atoms with Crippen LogP contribution in [-0.2, 0) is 19.5 Å². The van der Waals surface area contributed by atoms with Gasteiger partial charge in [0.25, 0.3) is 0 Å². The molecule has 4 heteroatoms. The number of anilines is 1. The fraction of sp³-hybridized carbons (Fsp3) is 0.0769. The van der Waals surface area contributed by atoms with Gasteiger partial charge in [0, 0.05) is 29.9 Å². The smallest absolute Gasteiger partial charge is 0.118 e. The molecule has 0 fully saturated rings. The van der Waals surface area contributed by atoms with E-state index in [0.29, 0.717) is 5.69 Å². The van der Waals surface area contributed by atoms with Gasteiger partial charge in [-0.1, -0.05) is 24.3 Å². The van der Waals surface area contributed by atoms with E-state index in [4.69, 9.17) is 10.5 Å². The summed E-state index contributed by atoms with van der Waals surface area (Å²) in [5.41, 5.74) is 8.74. The van der Waals surface area contributed by atoms with Crippen LogP contribution in [0.15, 0.2) is 47.4 Å². The number of benzene rings is 2. The molecule has 17 heavy (non-hydrogen) atoms. The molecule has 0 unspecified atom stereocenters. The summed E-state index contributed by atoms with van der Waals surface area (Å²) in [5.74, 6) is 0.837. The number of thiol groups is 1. The van der Waals surface area contributed by atoms with Crippen molar-refractivity contribution in [1.29, 1.82) is 0 Å². The Balaban J connectivity index is 0.00000144. The van der Waals surface area contributed by atoms with Gasteiger partial charge in [-0.3, -0.25) is 0 Å². The zero-order valence-corrected chi connectivity index (χ0v) is 13.5. The summed E-state index contributed by atoms with van der Waals surface area (Å²) in [4.78, 5) is 0.799. The van der Waals surface area contributed by atoms with Crippen LogP contribution in [0.1, 0.15) is 0 Å². The van der Waals surface area contributed by atoms with Crippen LogP contribution >= 0.6 is 12.6 Å². The number of methoxy groups -OCH3 is 1. The van der Waals surface area contributed by atoms with E-state index in [1.54, 1.807) is 7.11 Å². The van der Waals surface area contributed by atoms with Crippen molar-refractivity contribution in [1.82, 2.24) is 0 Å². The summed E-state index contributed by atoms with van der Waals surface area (Å²) in [6.07, 6.45) is 0. The van der Waals surface area contributed by atoms with Crippen LogP contribution in [0.25, 0.3) is 11.1 Å². The van der Waals surface area contributed by atoms with Crippen molar-refractivity contribution in [3.8, 4) is 16.9 Å². The Hall–Kier alpha value is -0.987. The minimum Gasteiger partial charge on any atom is -0.497 e. The average Bonchev–Trinajstić information content (AvgIpc) is 2.33. The average molecular weight is 297 g/mol. The van der Waals surface area contributed by atoms with Crippen molar-refractivity contribution in [2.75, 3.05) is 12.8 Å². The van der Waals surface area contributed by atoms with Crippen molar-refractivity contribution in [2.24, 2.45) is 0 Å². The molecular weight excluding hydrogens is 284 g/mol. The number of para-hydroxylation sites is 1. The molecule has 2 rings (SSSR count). The molecule has 2 aromatic carbocycles. The SMILES string of the molecule is COc1ccc(-c2cccc(S)c2N)cc1.[Zn]. The fourth-order valence-electron chi connectivity index (χ4n) is 1.58. The zero-order chi connectivity index (χ0) is 11.5. The molecule has 0 saturated carbocycles. The standard InChI is InChI=1S/C13H13NOS.Zn/c1-15-10-7-5-9(6-8-10)11-3-2-4-12(16)13(11)14;/h2-8,16H,14H2,1H3;. The zero-order valence-electron chi connectivity index (χ0n) is 9.68. The van der Waals surface area contributed by atoms with Crippen molar-refractivity contribution in [3.63, 3.8) is 0 Å². The summed E-state index contributed by atoms with van der Waals surface area (Å²) in [7, 11) is 1.65. The van der Waals surface area contributed by atoms with Crippen molar-refractivity contribution >= 4 is 18.3 Å². The van der Waals surface area contributed by atoms with Crippen LogP contribution in [0.4, 0.5) is 5.69 Å². The van der Waals surface area contributed by atoms with Crippen molar-refractivity contribution in [2.45, 2.75) is 4.90 Å². The predicted molar refractivity (Wildman–Crippen MR) is 70.1 cm³/mol. The van der Waals surface area contributed by atoms with Gasteiger partial charge in [-0.15, -0.1) is 12.6 Å². The summed E-state index contributed by atoms with van der Waals surface area (Å²) < 4.78 is 5.11. The maximum absolute atomic E-state index is 5.98. The van der Waals surface area contributed by atoms with E-state index in [9.17, 15) is 0 Å². The van der Waals surface area contributed by atoms with Gasteiger partial charge >= 0.3 is 0 Å². The molecule has 2 N–H and O–H groups in total. The molecule has 0 atom stereocenters. The van der Waals surface area contributed by atoms with E-state index in [0.717, 1.165) is 21.8 Å².